The van der Waals surface area contributed by atoms with Crippen LogP contribution in [0.2, 0.25) is 0 Å². The number of Topliss-reactive ketones (excluding diaryl/α,β-unsaturated/α-hetero) is 1. The van der Waals surface area contributed by atoms with Crippen LogP contribution in [0.15, 0.2) is 140 Å². The first-order valence-electron chi connectivity index (χ1n) is 12.6. The second-order valence-corrected chi connectivity index (χ2v) is 9.21. The molecule has 0 aromatic heterocycles. The van der Waals surface area contributed by atoms with E-state index in [2.05, 4.69) is 0 Å². The summed E-state index contributed by atoms with van der Waals surface area (Å²) in [5.41, 5.74) is 4.51. The standard InChI is InChI=1S/C34H25NO3/c36-32-29-18-10-11-19-30(29)38-33(26-14-6-2-7-15-26)31(32)35(28-16-8-3-9-17-28)34(37)27-22-20-25(21-23-27)24-12-4-1-5-13-24/h1-23,31,33H. The van der Waals surface area contributed by atoms with Crippen molar-refractivity contribution in [3.63, 3.8) is 0 Å². The van der Waals surface area contributed by atoms with Crippen LogP contribution < -0.4 is 9.64 Å². The first kappa shape index (κ1) is 23.4. The second-order valence-electron chi connectivity index (χ2n) is 9.21. The zero-order valence-electron chi connectivity index (χ0n) is 20.6. The number of hydrogen-bond donors (Lipinski definition) is 0. The molecule has 2 atom stereocenters. The lowest BCUT2D eigenvalue weighted by atomic mass is 9.89. The molecule has 0 radical (unpaired) electrons. The van der Waals surface area contributed by atoms with E-state index in [1.165, 1.54) is 0 Å². The highest BCUT2D eigenvalue weighted by atomic mass is 16.5. The molecule has 5 aromatic carbocycles. The largest absolute Gasteiger partial charge is 0.482 e. The quantitative estimate of drug-likeness (QED) is 0.255. The van der Waals surface area contributed by atoms with Gasteiger partial charge in [-0.05, 0) is 53.1 Å². The predicted molar refractivity (Wildman–Crippen MR) is 150 cm³/mol. The molecule has 5 aromatic rings. The van der Waals surface area contributed by atoms with E-state index in [0.29, 0.717) is 22.6 Å². The molecule has 4 heteroatoms. The Morgan fingerprint density at radius 3 is 1.84 bits per heavy atom. The van der Waals surface area contributed by atoms with Gasteiger partial charge in [-0.2, -0.15) is 0 Å². The normalized spacial score (nSPS) is 16.3. The lowest BCUT2D eigenvalue weighted by Gasteiger charge is -2.39. The summed E-state index contributed by atoms with van der Waals surface area (Å²) < 4.78 is 6.45. The molecule has 1 aliphatic rings. The van der Waals surface area contributed by atoms with Crippen molar-refractivity contribution in [3.8, 4) is 16.9 Å². The van der Waals surface area contributed by atoms with Crippen LogP contribution in [0.25, 0.3) is 11.1 Å². The maximum absolute atomic E-state index is 14.2. The average Bonchev–Trinajstić information content (AvgIpc) is 3.00. The molecule has 1 amide bonds. The molecule has 2 unspecified atom stereocenters. The van der Waals surface area contributed by atoms with Crippen LogP contribution in [0.1, 0.15) is 32.4 Å². The van der Waals surface area contributed by atoms with Crippen molar-refractivity contribution < 1.29 is 14.3 Å². The number of rotatable bonds is 5. The first-order valence-corrected chi connectivity index (χ1v) is 12.6. The highest BCUT2D eigenvalue weighted by molar-refractivity contribution is 6.14. The van der Waals surface area contributed by atoms with Crippen molar-refractivity contribution in [3.05, 3.63) is 156 Å². The first-order chi connectivity index (χ1) is 18.7. The minimum Gasteiger partial charge on any atom is -0.482 e. The van der Waals surface area contributed by atoms with Gasteiger partial charge in [0, 0.05) is 11.3 Å². The van der Waals surface area contributed by atoms with E-state index in [1.54, 1.807) is 17.0 Å². The van der Waals surface area contributed by atoms with Crippen molar-refractivity contribution >= 4 is 17.4 Å². The van der Waals surface area contributed by atoms with E-state index in [-0.39, 0.29) is 11.7 Å². The van der Waals surface area contributed by atoms with Gasteiger partial charge in [0.25, 0.3) is 5.91 Å². The van der Waals surface area contributed by atoms with Gasteiger partial charge in [0.1, 0.15) is 11.8 Å². The highest BCUT2D eigenvalue weighted by Crippen LogP contribution is 2.39. The van der Waals surface area contributed by atoms with E-state index < -0.39 is 12.1 Å². The number of para-hydroxylation sites is 2. The zero-order valence-corrected chi connectivity index (χ0v) is 20.6. The summed E-state index contributed by atoms with van der Waals surface area (Å²) in [6.07, 6.45) is -0.675. The Kier molecular flexibility index (Phi) is 6.29. The van der Waals surface area contributed by atoms with Crippen molar-refractivity contribution in [2.45, 2.75) is 12.1 Å². The van der Waals surface area contributed by atoms with Crippen LogP contribution in [0.5, 0.6) is 5.75 Å². The number of nitrogens with zero attached hydrogens (tertiary/aromatic N) is 1. The molecular formula is C34H25NO3. The molecule has 38 heavy (non-hydrogen) atoms. The van der Waals surface area contributed by atoms with Gasteiger partial charge in [-0.1, -0.05) is 103 Å². The molecule has 1 heterocycles. The molecule has 0 spiro atoms. The van der Waals surface area contributed by atoms with E-state index in [9.17, 15) is 9.59 Å². The smallest absolute Gasteiger partial charge is 0.259 e. The van der Waals surface area contributed by atoms with Gasteiger partial charge in [0.05, 0.1) is 5.56 Å². The van der Waals surface area contributed by atoms with Gasteiger partial charge in [-0.3, -0.25) is 14.5 Å². The molecule has 6 rings (SSSR count). The number of benzene rings is 5. The fourth-order valence-corrected chi connectivity index (χ4v) is 4.98. The van der Waals surface area contributed by atoms with Gasteiger partial charge in [-0.15, -0.1) is 0 Å². The number of ether oxygens (including phenoxy) is 1. The monoisotopic (exact) mass is 495 g/mol. The number of ketones is 1. The fraction of sp³-hybridized carbons (Fsp3) is 0.0588. The Morgan fingerprint density at radius 2 is 1.16 bits per heavy atom. The zero-order chi connectivity index (χ0) is 25.9. The summed E-state index contributed by atoms with van der Waals surface area (Å²) >= 11 is 0. The summed E-state index contributed by atoms with van der Waals surface area (Å²) in [6.45, 7) is 0. The van der Waals surface area contributed by atoms with Gasteiger partial charge >= 0.3 is 0 Å². The molecule has 0 N–H and O–H groups in total. The van der Waals surface area contributed by atoms with Crippen molar-refractivity contribution in [2.24, 2.45) is 0 Å². The third-order valence-electron chi connectivity index (χ3n) is 6.86. The average molecular weight is 496 g/mol. The Labute approximate surface area is 221 Å². The fourth-order valence-electron chi connectivity index (χ4n) is 4.98. The lowest BCUT2D eigenvalue weighted by molar-refractivity contribution is 0.0730. The SMILES string of the molecule is O=C1c2ccccc2OC(c2ccccc2)C1N(C(=O)c1ccc(-c2ccccc2)cc1)c1ccccc1. The van der Waals surface area contributed by atoms with Gasteiger partial charge < -0.3 is 4.74 Å². The van der Waals surface area contributed by atoms with E-state index in [4.69, 9.17) is 4.74 Å². The lowest BCUT2D eigenvalue weighted by Crippen LogP contribution is -2.52. The van der Waals surface area contributed by atoms with Gasteiger partial charge in [0.2, 0.25) is 0 Å². The topological polar surface area (TPSA) is 46.6 Å². The Hall–Kier alpha value is -4.96. The van der Waals surface area contributed by atoms with Crippen LogP contribution in [-0.4, -0.2) is 17.7 Å². The minimum atomic E-state index is -0.893. The number of hydrogen-bond acceptors (Lipinski definition) is 3. The van der Waals surface area contributed by atoms with Crippen LogP contribution in [-0.2, 0) is 0 Å². The van der Waals surface area contributed by atoms with Crippen molar-refractivity contribution in [1.82, 2.24) is 0 Å². The predicted octanol–water partition coefficient (Wildman–Crippen LogP) is 7.39. The number of carbonyl (C=O) groups is 2. The molecule has 0 aliphatic carbocycles. The Balaban J connectivity index is 1.46. The number of fused-ring (bicyclic) bond motifs is 1. The number of carbonyl (C=O) groups excluding carboxylic acids is 2. The van der Waals surface area contributed by atoms with Gasteiger partial charge in [-0.25, -0.2) is 0 Å². The molecule has 184 valence electrons. The Bertz CT molecular complexity index is 1570. The molecule has 0 saturated carbocycles. The summed E-state index contributed by atoms with van der Waals surface area (Å²) in [4.78, 5) is 30.0. The molecular weight excluding hydrogens is 470 g/mol. The molecule has 0 saturated heterocycles. The number of amides is 1. The van der Waals surface area contributed by atoms with Crippen LogP contribution in [0.4, 0.5) is 5.69 Å². The van der Waals surface area contributed by atoms with Crippen molar-refractivity contribution in [2.75, 3.05) is 4.90 Å². The highest BCUT2D eigenvalue weighted by Gasteiger charge is 2.44. The van der Waals surface area contributed by atoms with E-state index in [1.807, 2.05) is 127 Å². The molecule has 1 aliphatic heterocycles. The maximum Gasteiger partial charge on any atom is 0.259 e. The molecule has 4 nitrogen and oxygen atoms in total. The van der Waals surface area contributed by atoms with E-state index >= 15 is 0 Å². The van der Waals surface area contributed by atoms with E-state index in [0.717, 1.165) is 16.7 Å². The maximum atomic E-state index is 14.2. The summed E-state index contributed by atoms with van der Waals surface area (Å²) in [5, 5.41) is 0. The summed E-state index contributed by atoms with van der Waals surface area (Å²) in [6, 6.07) is 42.8. The van der Waals surface area contributed by atoms with Crippen LogP contribution in [0.3, 0.4) is 0 Å². The number of anilines is 1. The minimum absolute atomic E-state index is 0.154. The summed E-state index contributed by atoms with van der Waals surface area (Å²) in [7, 11) is 0. The molecule has 0 bridgehead atoms. The van der Waals surface area contributed by atoms with Crippen LogP contribution in [0, 0.1) is 0 Å². The third-order valence-corrected chi connectivity index (χ3v) is 6.86. The van der Waals surface area contributed by atoms with Crippen molar-refractivity contribution in [1.29, 1.82) is 0 Å². The molecule has 0 fully saturated rings. The van der Waals surface area contributed by atoms with Crippen LogP contribution >= 0.6 is 0 Å². The van der Waals surface area contributed by atoms with Gasteiger partial charge in [0.15, 0.2) is 11.9 Å². The summed E-state index contributed by atoms with van der Waals surface area (Å²) in [5.74, 6) is 0.104. The third kappa shape index (κ3) is 4.37. The second kappa shape index (κ2) is 10.2. The Morgan fingerprint density at radius 1 is 0.605 bits per heavy atom.